The molecule has 0 N–H and O–H groups in total. The van der Waals surface area contributed by atoms with Gasteiger partial charge in [0.25, 0.3) is 5.56 Å². The van der Waals surface area contributed by atoms with Crippen molar-refractivity contribution in [3.63, 3.8) is 0 Å². The van der Waals surface area contributed by atoms with Crippen LogP contribution in [0.15, 0.2) is 29.1 Å². The summed E-state index contributed by atoms with van der Waals surface area (Å²) in [7, 11) is 3.94. The molecule has 2 saturated carbocycles. The van der Waals surface area contributed by atoms with Gasteiger partial charge in [0.15, 0.2) is 0 Å². The first-order chi connectivity index (χ1) is 19.9. The second-order valence-electron chi connectivity index (χ2n) is 13.5. The van der Waals surface area contributed by atoms with Crippen molar-refractivity contribution in [2.24, 2.45) is 0 Å². The fourth-order valence-corrected chi connectivity index (χ4v) is 8.99. The average molecular weight is 563 g/mol. The number of hydrogen-bond donors (Lipinski definition) is 0. The van der Waals surface area contributed by atoms with Gasteiger partial charge in [0.1, 0.15) is 11.2 Å². The number of aromatic nitrogens is 2. The third kappa shape index (κ3) is 5.37. The van der Waals surface area contributed by atoms with Gasteiger partial charge in [-0.2, -0.15) is 0 Å². The minimum absolute atomic E-state index is 0.0626. The predicted octanol–water partition coefficient (Wildman–Crippen LogP) is 6.20. The third-order valence-corrected chi connectivity index (χ3v) is 11.2. The summed E-state index contributed by atoms with van der Waals surface area (Å²) in [6.07, 6.45) is 17.2. The fourth-order valence-electron chi connectivity index (χ4n) is 8.99. The van der Waals surface area contributed by atoms with Gasteiger partial charge in [-0.1, -0.05) is 44.2 Å². The maximum Gasteiger partial charge on any atom is 0.326 e. The van der Waals surface area contributed by atoms with E-state index in [-0.39, 0.29) is 23.5 Å². The minimum Gasteiger partial charge on any atom is -0.465 e. The molecule has 3 atom stereocenters. The molecule has 2 aliphatic heterocycles. The highest BCUT2D eigenvalue weighted by Gasteiger charge is 2.47. The van der Waals surface area contributed by atoms with Gasteiger partial charge in [0.2, 0.25) is 0 Å². The second kappa shape index (κ2) is 12.2. The summed E-state index contributed by atoms with van der Waals surface area (Å²) in [5, 5.41) is 0. The van der Waals surface area contributed by atoms with E-state index in [1.165, 1.54) is 57.8 Å². The van der Waals surface area contributed by atoms with E-state index in [2.05, 4.69) is 21.6 Å². The largest absolute Gasteiger partial charge is 0.465 e. The van der Waals surface area contributed by atoms with Crippen LogP contribution in [0, 0.1) is 0 Å². The first kappa shape index (κ1) is 28.9. The van der Waals surface area contributed by atoms with E-state index in [0.717, 1.165) is 42.8 Å². The maximum absolute atomic E-state index is 14.4. The Hall–Kier alpha value is -2.25. The molecule has 2 saturated heterocycles. The van der Waals surface area contributed by atoms with Gasteiger partial charge in [0.05, 0.1) is 17.6 Å². The number of carbonyl (C=O) groups is 1. The van der Waals surface area contributed by atoms with Gasteiger partial charge >= 0.3 is 5.97 Å². The number of para-hydroxylation sites is 2. The predicted molar refractivity (Wildman–Crippen MR) is 163 cm³/mol. The smallest absolute Gasteiger partial charge is 0.326 e. The number of nitrogens with zero attached hydrogens (tertiary/aromatic N) is 4. The van der Waals surface area contributed by atoms with E-state index in [4.69, 9.17) is 9.72 Å². The zero-order valence-electron chi connectivity index (χ0n) is 25.5. The lowest BCUT2D eigenvalue weighted by Gasteiger charge is -2.45. The van der Waals surface area contributed by atoms with Crippen molar-refractivity contribution in [3.8, 4) is 0 Å². The fraction of sp³-hybridized carbons (Fsp3) is 0.735. The molecule has 2 bridgehead atoms. The van der Waals surface area contributed by atoms with Crippen molar-refractivity contribution in [2.45, 2.75) is 139 Å². The highest BCUT2D eigenvalue weighted by Crippen LogP contribution is 2.45. The van der Waals surface area contributed by atoms with Crippen LogP contribution < -0.4 is 5.56 Å². The lowest BCUT2D eigenvalue weighted by atomic mass is 9.74. The molecule has 7 nitrogen and oxygen atoms in total. The Bertz CT molecular complexity index is 1260. The van der Waals surface area contributed by atoms with Crippen molar-refractivity contribution in [1.29, 1.82) is 0 Å². The Labute approximate surface area is 245 Å². The Kier molecular flexibility index (Phi) is 8.56. The van der Waals surface area contributed by atoms with E-state index in [0.29, 0.717) is 37.2 Å². The van der Waals surface area contributed by atoms with Crippen molar-refractivity contribution in [3.05, 3.63) is 40.3 Å². The number of ether oxygens (including phenoxy) is 1. The summed E-state index contributed by atoms with van der Waals surface area (Å²) in [4.78, 5) is 37.3. The van der Waals surface area contributed by atoms with Crippen molar-refractivity contribution in [1.82, 2.24) is 19.4 Å². The monoisotopic (exact) mass is 562 g/mol. The Morgan fingerprint density at radius 2 is 1.54 bits per heavy atom. The van der Waals surface area contributed by atoms with E-state index in [9.17, 15) is 9.59 Å². The number of hydrogen-bond acceptors (Lipinski definition) is 6. The lowest BCUT2D eigenvalue weighted by Crippen LogP contribution is -2.54. The normalized spacial score (nSPS) is 31.7. The Morgan fingerprint density at radius 1 is 0.902 bits per heavy atom. The molecule has 4 fully saturated rings. The van der Waals surface area contributed by atoms with Gasteiger partial charge in [-0.05, 0) is 97.4 Å². The van der Waals surface area contributed by atoms with E-state index >= 15 is 0 Å². The van der Waals surface area contributed by atoms with Crippen LogP contribution in [0.3, 0.4) is 0 Å². The quantitative estimate of drug-likeness (QED) is 0.391. The molecule has 0 spiro atoms. The summed E-state index contributed by atoms with van der Waals surface area (Å²) in [6, 6.07) is 10.4. The van der Waals surface area contributed by atoms with Crippen LogP contribution >= 0.6 is 0 Å². The number of piperidine rings is 1. The molecule has 224 valence electrons. The van der Waals surface area contributed by atoms with Crippen molar-refractivity contribution >= 4 is 17.0 Å². The molecule has 0 unspecified atom stereocenters. The summed E-state index contributed by atoms with van der Waals surface area (Å²) in [5.41, 5.74) is 2.09. The molecule has 3 heterocycles. The van der Waals surface area contributed by atoms with Crippen LogP contribution in [0.5, 0.6) is 0 Å². The first-order valence-corrected chi connectivity index (χ1v) is 16.6. The van der Waals surface area contributed by atoms with Crippen LogP contribution in [0.1, 0.15) is 121 Å². The van der Waals surface area contributed by atoms with Gasteiger partial charge in [-0.3, -0.25) is 19.4 Å². The number of fused-ring (bicyclic) bond motifs is 3. The summed E-state index contributed by atoms with van der Waals surface area (Å²) in [5.74, 6) is -0.0774. The van der Waals surface area contributed by atoms with Crippen molar-refractivity contribution < 1.29 is 9.53 Å². The third-order valence-electron chi connectivity index (χ3n) is 11.2. The molecule has 2 aliphatic carbocycles. The molecule has 2 aromatic rings. The molecule has 6 rings (SSSR count). The summed E-state index contributed by atoms with van der Waals surface area (Å²) >= 11 is 0. The second-order valence-corrected chi connectivity index (χ2v) is 13.5. The Morgan fingerprint density at radius 3 is 2.17 bits per heavy atom. The lowest BCUT2D eigenvalue weighted by molar-refractivity contribution is -0.158. The molecule has 1 aromatic heterocycles. The van der Waals surface area contributed by atoms with Crippen LogP contribution in [-0.2, 0) is 9.53 Å². The minimum atomic E-state index is -0.620. The Balaban J connectivity index is 1.28. The van der Waals surface area contributed by atoms with Crippen LogP contribution in [0.4, 0.5) is 0 Å². The summed E-state index contributed by atoms with van der Waals surface area (Å²) in [6.45, 7) is 2.25. The molecule has 4 aliphatic rings. The van der Waals surface area contributed by atoms with E-state index in [1.54, 1.807) is 0 Å². The zero-order valence-corrected chi connectivity index (χ0v) is 25.5. The molecular formula is C34H50N4O3. The first-order valence-electron chi connectivity index (χ1n) is 16.6. The van der Waals surface area contributed by atoms with Crippen LogP contribution in [0.25, 0.3) is 11.0 Å². The van der Waals surface area contributed by atoms with Crippen LogP contribution in [0.2, 0.25) is 0 Å². The number of rotatable bonds is 6. The van der Waals surface area contributed by atoms with Crippen molar-refractivity contribution in [2.75, 3.05) is 20.7 Å². The summed E-state index contributed by atoms with van der Waals surface area (Å²) < 4.78 is 7.64. The number of esters is 1. The molecule has 0 amide bonds. The van der Waals surface area contributed by atoms with Gasteiger partial charge in [-0.15, -0.1) is 0 Å². The van der Waals surface area contributed by atoms with Gasteiger partial charge in [0, 0.05) is 30.1 Å². The molecule has 0 radical (unpaired) electrons. The van der Waals surface area contributed by atoms with Gasteiger partial charge in [-0.25, -0.2) is 4.98 Å². The molecule has 7 heteroatoms. The van der Waals surface area contributed by atoms with Crippen LogP contribution in [-0.4, -0.2) is 69.7 Å². The van der Waals surface area contributed by atoms with Gasteiger partial charge < -0.3 is 9.30 Å². The van der Waals surface area contributed by atoms with E-state index in [1.807, 2.05) is 38.1 Å². The number of likely N-dealkylation sites (N-methyl/N-ethyl adjacent to an activating group) is 1. The maximum atomic E-state index is 14.4. The average Bonchev–Trinajstić information content (AvgIpc) is 3.21. The van der Waals surface area contributed by atoms with E-state index < -0.39 is 5.54 Å². The highest BCUT2D eigenvalue weighted by atomic mass is 16.5. The molecule has 1 aromatic carbocycles. The topological polar surface area (TPSA) is 67.7 Å². The molecule has 41 heavy (non-hydrogen) atoms. The standard InChI is InChI=1S/C34H50N4O3/c1-4-41-33(40)34(36(2)3)20-18-24(19-21-34)31-32(39)38(30-15-11-10-14-29(30)35-31)28-22-26-16-17-27(23-28)37(26)25-12-8-6-5-7-9-13-25/h10-11,14-15,24-28H,4-9,12-13,16-23H2,1-3H3/t24?,26-,27+,28+,34?. The highest BCUT2D eigenvalue weighted by molar-refractivity contribution is 5.81. The zero-order chi connectivity index (χ0) is 28.6. The number of carbonyl (C=O) groups excluding carboxylic acids is 1. The SMILES string of the molecule is CCOC(=O)C1(N(C)C)CCC(c2nc3ccccc3n([C@H]3C[C@H]4CC[C@@H](C3)N4C3CCCCCCC3)c2=O)CC1. The molecular weight excluding hydrogens is 512 g/mol. The number of benzene rings is 1.